The predicted molar refractivity (Wildman–Crippen MR) is 90.3 cm³/mol. The SMILES string of the molecule is CC(N)C1CCN(C(=O)C2CC2c2cccc(Cl)c2Cl)CC1. The van der Waals surface area contributed by atoms with Gasteiger partial charge in [-0.3, -0.25) is 4.79 Å². The Hall–Kier alpha value is -0.770. The van der Waals surface area contributed by atoms with Gasteiger partial charge in [-0.25, -0.2) is 0 Å². The van der Waals surface area contributed by atoms with Crippen LogP contribution in [0.15, 0.2) is 18.2 Å². The average molecular weight is 341 g/mol. The van der Waals surface area contributed by atoms with Crippen molar-refractivity contribution in [3.8, 4) is 0 Å². The summed E-state index contributed by atoms with van der Waals surface area (Å²) in [6, 6.07) is 5.88. The van der Waals surface area contributed by atoms with Gasteiger partial charge in [-0.05, 0) is 49.7 Å². The Bertz CT molecular complexity index is 568. The summed E-state index contributed by atoms with van der Waals surface area (Å²) in [7, 11) is 0. The van der Waals surface area contributed by atoms with Crippen LogP contribution in [0, 0.1) is 11.8 Å². The second kappa shape index (κ2) is 6.38. The number of piperidine rings is 1. The summed E-state index contributed by atoms with van der Waals surface area (Å²) in [6.07, 6.45) is 2.91. The van der Waals surface area contributed by atoms with E-state index >= 15 is 0 Å². The molecule has 0 spiro atoms. The molecular weight excluding hydrogens is 319 g/mol. The summed E-state index contributed by atoms with van der Waals surface area (Å²) in [5, 5.41) is 1.16. The highest BCUT2D eigenvalue weighted by molar-refractivity contribution is 6.42. The van der Waals surface area contributed by atoms with Gasteiger partial charge in [-0.1, -0.05) is 35.3 Å². The smallest absolute Gasteiger partial charge is 0.226 e. The van der Waals surface area contributed by atoms with Gasteiger partial charge in [0.2, 0.25) is 5.91 Å². The fraction of sp³-hybridized carbons (Fsp3) is 0.588. The van der Waals surface area contributed by atoms with Gasteiger partial charge in [0, 0.05) is 25.0 Å². The zero-order valence-corrected chi connectivity index (χ0v) is 14.3. The zero-order valence-electron chi connectivity index (χ0n) is 12.8. The summed E-state index contributed by atoms with van der Waals surface area (Å²) in [5.74, 6) is 1.11. The molecule has 3 unspecified atom stereocenters. The van der Waals surface area contributed by atoms with Crippen molar-refractivity contribution in [2.75, 3.05) is 13.1 Å². The summed E-state index contributed by atoms with van der Waals surface area (Å²) in [6.45, 7) is 3.72. The van der Waals surface area contributed by atoms with Crippen LogP contribution in [0.3, 0.4) is 0 Å². The molecule has 0 aromatic heterocycles. The monoisotopic (exact) mass is 340 g/mol. The fourth-order valence-electron chi connectivity index (χ4n) is 3.50. The second-order valence-electron chi connectivity index (χ2n) is 6.61. The van der Waals surface area contributed by atoms with Crippen molar-refractivity contribution in [3.05, 3.63) is 33.8 Å². The molecule has 1 aromatic rings. The zero-order chi connectivity index (χ0) is 15.9. The van der Waals surface area contributed by atoms with Gasteiger partial charge in [0.1, 0.15) is 0 Å². The van der Waals surface area contributed by atoms with E-state index in [9.17, 15) is 4.79 Å². The number of likely N-dealkylation sites (tertiary alicyclic amines) is 1. The number of carbonyl (C=O) groups is 1. The molecule has 2 fully saturated rings. The molecule has 0 bridgehead atoms. The van der Waals surface area contributed by atoms with Crippen molar-refractivity contribution in [2.24, 2.45) is 17.6 Å². The van der Waals surface area contributed by atoms with Gasteiger partial charge in [0.15, 0.2) is 0 Å². The molecule has 1 aliphatic carbocycles. The Morgan fingerprint density at radius 2 is 2.00 bits per heavy atom. The third-order valence-corrected chi connectivity index (χ3v) is 5.92. The van der Waals surface area contributed by atoms with E-state index in [0.29, 0.717) is 16.0 Å². The summed E-state index contributed by atoms with van der Waals surface area (Å²) in [4.78, 5) is 14.6. The molecule has 1 aliphatic heterocycles. The van der Waals surface area contributed by atoms with Gasteiger partial charge in [-0.2, -0.15) is 0 Å². The van der Waals surface area contributed by atoms with Crippen molar-refractivity contribution < 1.29 is 4.79 Å². The van der Waals surface area contributed by atoms with Crippen molar-refractivity contribution in [1.82, 2.24) is 4.90 Å². The Balaban J connectivity index is 1.61. The average Bonchev–Trinajstić information content (AvgIpc) is 3.30. The Kier molecular flexibility index (Phi) is 4.67. The summed E-state index contributed by atoms with van der Waals surface area (Å²) < 4.78 is 0. The minimum Gasteiger partial charge on any atom is -0.342 e. The van der Waals surface area contributed by atoms with Crippen molar-refractivity contribution in [3.63, 3.8) is 0 Å². The molecule has 1 aromatic carbocycles. The van der Waals surface area contributed by atoms with E-state index in [1.807, 2.05) is 17.0 Å². The number of benzene rings is 1. The lowest BCUT2D eigenvalue weighted by Gasteiger charge is -2.34. The van der Waals surface area contributed by atoms with Crippen LogP contribution in [-0.4, -0.2) is 29.9 Å². The van der Waals surface area contributed by atoms with Gasteiger partial charge in [0.05, 0.1) is 10.0 Å². The number of nitrogens with zero attached hydrogens (tertiary/aromatic N) is 1. The van der Waals surface area contributed by atoms with Crippen LogP contribution < -0.4 is 5.73 Å². The number of amides is 1. The summed E-state index contributed by atoms with van der Waals surface area (Å²) in [5.41, 5.74) is 6.97. The second-order valence-corrected chi connectivity index (χ2v) is 7.40. The molecule has 1 amide bonds. The first-order valence-electron chi connectivity index (χ1n) is 7.97. The van der Waals surface area contributed by atoms with Crippen LogP contribution in [0.1, 0.15) is 37.7 Å². The van der Waals surface area contributed by atoms with Crippen LogP contribution >= 0.6 is 23.2 Å². The predicted octanol–water partition coefficient (Wildman–Crippen LogP) is 3.68. The molecule has 22 heavy (non-hydrogen) atoms. The van der Waals surface area contributed by atoms with Crippen LogP contribution in [0.25, 0.3) is 0 Å². The quantitative estimate of drug-likeness (QED) is 0.912. The molecule has 120 valence electrons. The molecule has 3 nitrogen and oxygen atoms in total. The van der Waals surface area contributed by atoms with E-state index < -0.39 is 0 Å². The third kappa shape index (κ3) is 3.12. The van der Waals surface area contributed by atoms with Gasteiger partial charge >= 0.3 is 0 Å². The topological polar surface area (TPSA) is 46.3 Å². The standard InChI is InChI=1S/C17H22Cl2N2O/c1-10(20)11-5-7-21(8-6-11)17(22)14-9-13(14)12-3-2-4-15(18)16(12)19/h2-4,10-11,13-14H,5-9,20H2,1H3. The molecule has 1 saturated heterocycles. The first kappa shape index (κ1) is 16.1. The highest BCUT2D eigenvalue weighted by atomic mass is 35.5. The van der Waals surface area contributed by atoms with E-state index in [2.05, 4.69) is 6.92 Å². The van der Waals surface area contributed by atoms with Crippen molar-refractivity contribution >= 4 is 29.1 Å². The lowest BCUT2D eigenvalue weighted by molar-refractivity contribution is -0.134. The van der Waals surface area contributed by atoms with Crippen LogP contribution in [0.4, 0.5) is 0 Å². The van der Waals surface area contributed by atoms with Crippen molar-refractivity contribution in [2.45, 2.75) is 38.1 Å². The van der Waals surface area contributed by atoms with E-state index in [0.717, 1.165) is 37.9 Å². The number of hydrogen-bond donors (Lipinski definition) is 1. The molecular formula is C17H22Cl2N2O. The first-order chi connectivity index (χ1) is 10.5. The number of nitrogens with two attached hydrogens (primary N) is 1. The molecule has 2 N–H and O–H groups in total. The molecule has 1 saturated carbocycles. The fourth-order valence-corrected chi connectivity index (χ4v) is 3.95. The minimum absolute atomic E-state index is 0.0721. The van der Waals surface area contributed by atoms with Crippen LogP contribution in [-0.2, 0) is 4.79 Å². The summed E-state index contributed by atoms with van der Waals surface area (Å²) >= 11 is 12.3. The molecule has 5 heteroatoms. The highest BCUT2D eigenvalue weighted by Gasteiger charge is 2.47. The van der Waals surface area contributed by atoms with E-state index in [1.54, 1.807) is 6.07 Å². The Morgan fingerprint density at radius 1 is 1.32 bits per heavy atom. The lowest BCUT2D eigenvalue weighted by atomic mass is 9.91. The van der Waals surface area contributed by atoms with Gasteiger partial charge < -0.3 is 10.6 Å². The number of rotatable bonds is 3. The number of carbonyl (C=O) groups excluding carboxylic acids is 1. The maximum Gasteiger partial charge on any atom is 0.226 e. The third-order valence-electron chi connectivity index (χ3n) is 5.08. The highest BCUT2D eigenvalue weighted by Crippen LogP contribution is 2.51. The molecule has 3 rings (SSSR count). The van der Waals surface area contributed by atoms with E-state index in [4.69, 9.17) is 28.9 Å². The maximum absolute atomic E-state index is 12.6. The molecule has 1 heterocycles. The maximum atomic E-state index is 12.6. The van der Waals surface area contributed by atoms with Gasteiger partial charge in [-0.15, -0.1) is 0 Å². The van der Waals surface area contributed by atoms with Crippen molar-refractivity contribution in [1.29, 1.82) is 0 Å². The minimum atomic E-state index is 0.0721. The number of halogens is 2. The van der Waals surface area contributed by atoms with Crippen LogP contribution in [0.5, 0.6) is 0 Å². The largest absolute Gasteiger partial charge is 0.342 e. The Labute approximate surface area is 141 Å². The first-order valence-corrected chi connectivity index (χ1v) is 8.73. The van der Waals surface area contributed by atoms with Crippen LogP contribution in [0.2, 0.25) is 10.0 Å². The molecule has 0 radical (unpaired) electrons. The van der Waals surface area contributed by atoms with Gasteiger partial charge in [0.25, 0.3) is 0 Å². The lowest BCUT2D eigenvalue weighted by Crippen LogP contribution is -2.43. The normalized spacial score (nSPS) is 26.8. The van der Waals surface area contributed by atoms with E-state index in [-0.39, 0.29) is 23.8 Å². The van der Waals surface area contributed by atoms with E-state index in [1.165, 1.54) is 0 Å². The molecule has 3 atom stereocenters. The molecule has 2 aliphatic rings. The number of hydrogen-bond acceptors (Lipinski definition) is 2. The Morgan fingerprint density at radius 3 is 2.64 bits per heavy atom.